The molecule has 1 N–H and O–H groups in total. The lowest BCUT2D eigenvalue weighted by Crippen LogP contribution is -2.23. The normalized spacial score (nSPS) is 10.8. The van der Waals surface area contributed by atoms with Gasteiger partial charge in [-0.2, -0.15) is 0 Å². The number of benzene rings is 1. The number of hydrogen-bond donors (Lipinski definition) is 1. The molecule has 0 atom stereocenters. The smallest absolute Gasteiger partial charge is 0.251 e. The van der Waals surface area contributed by atoms with Crippen molar-refractivity contribution in [3.8, 4) is 0 Å². The average Bonchev–Trinajstić information content (AvgIpc) is 3.00. The van der Waals surface area contributed by atoms with Crippen LogP contribution in [0.3, 0.4) is 0 Å². The Hall–Kier alpha value is -1.66. The van der Waals surface area contributed by atoms with E-state index in [1.807, 2.05) is 28.1 Å². The molecule has 0 radical (unpaired) electrons. The Labute approximate surface area is 122 Å². The molecule has 1 amide bonds. The van der Waals surface area contributed by atoms with Crippen LogP contribution in [0.2, 0.25) is 0 Å². The summed E-state index contributed by atoms with van der Waals surface area (Å²) in [6, 6.07) is 7.29. The van der Waals surface area contributed by atoms with Crippen LogP contribution in [0.15, 0.2) is 46.5 Å². The highest BCUT2D eigenvalue weighted by Gasteiger charge is 2.07. The fourth-order valence-electron chi connectivity index (χ4n) is 1.77. The van der Waals surface area contributed by atoms with Gasteiger partial charge in [-0.1, -0.05) is 15.9 Å². The maximum absolute atomic E-state index is 12.0. The third-order valence-corrected chi connectivity index (χ3v) is 4.18. The van der Waals surface area contributed by atoms with E-state index in [-0.39, 0.29) is 5.91 Å². The minimum atomic E-state index is -0.0769. The van der Waals surface area contributed by atoms with Crippen molar-refractivity contribution in [3.63, 3.8) is 0 Å². The first-order chi connectivity index (χ1) is 9.24. The van der Waals surface area contributed by atoms with Crippen LogP contribution >= 0.6 is 27.3 Å². The van der Waals surface area contributed by atoms with E-state index in [1.54, 1.807) is 29.7 Å². The van der Waals surface area contributed by atoms with Crippen LogP contribution in [-0.2, 0) is 6.54 Å². The number of rotatable bonds is 3. The van der Waals surface area contributed by atoms with Gasteiger partial charge in [-0.25, -0.2) is 4.98 Å². The van der Waals surface area contributed by atoms with Gasteiger partial charge >= 0.3 is 0 Å². The average molecular weight is 336 g/mol. The van der Waals surface area contributed by atoms with Gasteiger partial charge in [0, 0.05) is 27.8 Å². The van der Waals surface area contributed by atoms with Gasteiger partial charge in [-0.15, -0.1) is 11.3 Å². The largest absolute Gasteiger partial charge is 0.346 e. The molecule has 0 aliphatic carbocycles. The summed E-state index contributed by atoms with van der Waals surface area (Å²) < 4.78 is 2.94. The summed E-state index contributed by atoms with van der Waals surface area (Å²) >= 11 is 4.91. The van der Waals surface area contributed by atoms with Crippen molar-refractivity contribution in [2.45, 2.75) is 6.54 Å². The van der Waals surface area contributed by atoms with Gasteiger partial charge in [0.05, 0.1) is 12.2 Å². The Morgan fingerprint density at radius 1 is 1.37 bits per heavy atom. The molecule has 0 aliphatic rings. The molecule has 3 rings (SSSR count). The third-order valence-electron chi connectivity index (χ3n) is 2.75. The molecular weight excluding hydrogens is 326 g/mol. The number of fused-ring (bicyclic) bond motifs is 1. The number of amides is 1. The quantitative estimate of drug-likeness (QED) is 0.799. The van der Waals surface area contributed by atoms with Crippen LogP contribution in [0, 0.1) is 0 Å². The molecule has 3 aromatic rings. The molecule has 19 heavy (non-hydrogen) atoms. The number of thiazole rings is 1. The van der Waals surface area contributed by atoms with Gasteiger partial charge in [0.2, 0.25) is 0 Å². The first-order valence-electron chi connectivity index (χ1n) is 5.67. The molecule has 1 aromatic carbocycles. The lowest BCUT2D eigenvalue weighted by molar-refractivity contribution is 0.0950. The van der Waals surface area contributed by atoms with E-state index in [0.29, 0.717) is 12.1 Å². The van der Waals surface area contributed by atoms with Crippen molar-refractivity contribution in [3.05, 3.63) is 57.8 Å². The Balaban J connectivity index is 1.71. The number of imidazole rings is 1. The van der Waals surface area contributed by atoms with Gasteiger partial charge in [0.1, 0.15) is 0 Å². The molecule has 2 aromatic heterocycles. The van der Waals surface area contributed by atoms with E-state index < -0.39 is 0 Å². The molecule has 0 saturated heterocycles. The zero-order chi connectivity index (χ0) is 13.2. The van der Waals surface area contributed by atoms with Crippen molar-refractivity contribution in [2.75, 3.05) is 0 Å². The van der Waals surface area contributed by atoms with Crippen LogP contribution in [0.5, 0.6) is 0 Å². The number of nitrogens with zero attached hydrogens (tertiary/aromatic N) is 2. The highest BCUT2D eigenvalue weighted by atomic mass is 79.9. The lowest BCUT2D eigenvalue weighted by Gasteiger charge is -2.04. The summed E-state index contributed by atoms with van der Waals surface area (Å²) in [5.74, 6) is -0.0769. The lowest BCUT2D eigenvalue weighted by atomic mass is 10.2. The van der Waals surface area contributed by atoms with Gasteiger partial charge < -0.3 is 5.32 Å². The van der Waals surface area contributed by atoms with Crippen LogP contribution in [0.4, 0.5) is 0 Å². The number of carbonyl (C=O) groups excluding carboxylic acids is 1. The molecule has 0 unspecified atom stereocenters. The maximum Gasteiger partial charge on any atom is 0.251 e. The van der Waals surface area contributed by atoms with Crippen molar-refractivity contribution in [2.24, 2.45) is 0 Å². The van der Waals surface area contributed by atoms with Crippen LogP contribution < -0.4 is 5.32 Å². The van der Waals surface area contributed by atoms with Crippen LogP contribution in [-0.4, -0.2) is 15.3 Å². The fourth-order valence-corrected chi connectivity index (χ4v) is 2.89. The second-order valence-corrected chi connectivity index (χ2v) is 5.75. The van der Waals surface area contributed by atoms with Crippen LogP contribution in [0.25, 0.3) is 4.96 Å². The van der Waals surface area contributed by atoms with E-state index in [0.717, 1.165) is 15.1 Å². The summed E-state index contributed by atoms with van der Waals surface area (Å²) in [5.41, 5.74) is 1.68. The van der Waals surface area contributed by atoms with Gasteiger partial charge in [-0.3, -0.25) is 9.20 Å². The highest BCUT2D eigenvalue weighted by molar-refractivity contribution is 9.10. The molecule has 0 aliphatic heterocycles. The summed E-state index contributed by atoms with van der Waals surface area (Å²) in [4.78, 5) is 17.1. The number of nitrogens with one attached hydrogen (secondary N) is 1. The SMILES string of the molecule is O=C(NCc1csc2nccn12)c1ccc(Br)cc1. The number of carbonyl (C=O) groups is 1. The topological polar surface area (TPSA) is 46.4 Å². The predicted molar refractivity (Wildman–Crippen MR) is 78.4 cm³/mol. The molecule has 4 nitrogen and oxygen atoms in total. The maximum atomic E-state index is 12.0. The Bertz CT molecular complexity index is 717. The molecule has 0 spiro atoms. The Morgan fingerprint density at radius 3 is 2.95 bits per heavy atom. The summed E-state index contributed by atoms with van der Waals surface area (Å²) in [6.45, 7) is 0.491. The third kappa shape index (κ3) is 2.54. The summed E-state index contributed by atoms with van der Waals surface area (Å²) in [6.07, 6.45) is 3.65. The molecule has 0 saturated carbocycles. The van der Waals surface area contributed by atoms with E-state index >= 15 is 0 Å². The van der Waals surface area contributed by atoms with E-state index in [9.17, 15) is 4.79 Å². The van der Waals surface area contributed by atoms with E-state index in [4.69, 9.17) is 0 Å². The van der Waals surface area contributed by atoms with E-state index in [1.165, 1.54) is 0 Å². The zero-order valence-corrected chi connectivity index (χ0v) is 12.2. The zero-order valence-electron chi connectivity index (χ0n) is 9.84. The Kier molecular flexibility index (Phi) is 3.35. The molecule has 6 heteroatoms. The van der Waals surface area contributed by atoms with Gasteiger partial charge in [-0.05, 0) is 24.3 Å². The monoisotopic (exact) mass is 335 g/mol. The van der Waals surface area contributed by atoms with Crippen LogP contribution in [0.1, 0.15) is 16.1 Å². The molecule has 2 heterocycles. The fraction of sp³-hybridized carbons (Fsp3) is 0.0769. The number of hydrogen-bond acceptors (Lipinski definition) is 3. The van der Waals surface area contributed by atoms with Gasteiger partial charge in [0.25, 0.3) is 5.91 Å². The van der Waals surface area contributed by atoms with Crippen molar-refractivity contribution < 1.29 is 4.79 Å². The van der Waals surface area contributed by atoms with Crippen molar-refractivity contribution in [1.29, 1.82) is 0 Å². The number of aromatic nitrogens is 2. The van der Waals surface area contributed by atoms with Gasteiger partial charge in [0.15, 0.2) is 4.96 Å². The summed E-state index contributed by atoms with van der Waals surface area (Å²) in [7, 11) is 0. The summed E-state index contributed by atoms with van der Waals surface area (Å²) in [5, 5.41) is 4.91. The minimum Gasteiger partial charge on any atom is -0.346 e. The highest BCUT2D eigenvalue weighted by Crippen LogP contribution is 2.14. The first-order valence-corrected chi connectivity index (χ1v) is 7.34. The Morgan fingerprint density at radius 2 is 2.16 bits per heavy atom. The molecular formula is C13H10BrN3OS. The predicted octanol–water partition coefficient (Wildman–Crippen LogP) is 3.09. The second kappa shape index (κ2) is 5.14. The van der Waals surface area contributed by atoms with E-state index in [2.05, 4.69) is 26.2 Å². The number of halogens is 1. The molecule has 0 fully saturated rings. The molecule has 96 valence electrons. The first kappa shape index (κ1) is 12.4. The standard InChI is InChI=1S/C13H10BrN3OS/c14-10-3-1-9(2-4-10)12(18)16-7-11-8-19-13-15-5-6-17(11)13/h1-6,8H,7H2,(H,16,18). The minimum absolute atomic E-state index is 0.0769. The van der Waals surface area contributed by atoms with Crippen molar-refractivity contribution in [1.82, 2.24) is 14.7 Å². The van der Waals surface area contributed by atoms with Crippen molar-refractivity contribution >= 4 is 38.1 Å². The second-order valence-electron chi connectivity index (χ2n) is 4.00. The molecule has 0 bridgehead atoms.